The van der Waals surface area contributed by atoms with E-state index in [1.54, 1.807) is 29.3 Å². The van der Waals surface area contributed by atoms with Crippen LogP contribution in [0.5, 0.6) is 0 Å². The van der Waals surface area contributed by atoms with Crippen LogP contribution in [0.1, 0.15) is 41.8 Å². The van der Waals surface area contributed by atoms with E-state index >= 15 is 0 Å². The highest BCUT2D eigenvalue weighted by Gasteiger charge is 2.30. The van der Waals surface area contributed by atoms with Gasteiger partial charge in [-0.1, -0.05) is 36.2 Å². The maximum absolute atomic E-state index is 13.1. The maximum Gasteiger partial charge on any atom is 0.293 e. The van der Waals surface area contributed by atoms with Crippen LogP contribution in [0.4, 0.5) is 5.82 Å². The molecule has 33 heavy (non-hydrogen) atoms. The Bertz CT molecular complexity index is 1170. The average Bonchev–Trinajstić information content (AvgIpc) is 3.22. The lowest BCUT2D eigenvalue weighted by Gasteiger charge is -2.30. The number of carbonyl (C=O) groups excluding carboxylic acids is 2. The number of likely N-dealkylation sites (tertiary alicyclic amines) is 1. The molecule has 2 amide bonds. The Morgan fingerprint density at radius 1 is 1.15 bits per heavy atom. The molecule has 1 aliphatic rings. The molecule has 0 atom stereocenters. The lowest BCUT2D eigenvalue weighted by atomic mass is 9.96. The first-order valence-electron chi connectivity index (χ1n) is 10.8. The molecular weight excluding hydrogens is 463 g/mol. The Labute approximate surface area is 201 Å². The quantitative estimate of drug-likeness (QED) is 0.579. The fourth-order valence-corrected chi connectivity index (χ4v) is 4.41. The molecular formula is C23H24Cl2N6O2. The third kappa shape index (κ3) is 5.02. The van der Waals surface area contributed by atoms with Crippen LogP contribution in [0.25, 0.3) is 5.69 Å². The molecule has 0 spiro atoms. The van der Waals surface area contributed by atoms with Gasteiger partial charge in [0.05, 0.1) is 10.0 Å². The Kier molecular flexibility index (Phi) is 6.95. The Morgan fingerprint density at radius 2 is 1.85 bits per heavy atom. The monoisotopic (exact) mass is 486 g/mol. The van der Waals surface area contributed by atoms with E-state index < -0.39 is 0 Å². The van der Waals surface area contributed by atoms with E-state index in [1.807, 2.05) is 26.0 Å². The van der Waals surface area contributed by atoms with E-state index in [0.717, 1.165) is 5.56 Å². The van der Waals surface area contributed by atoms with E-state index in [2.05, 4.69) is 20.4 Å². The molecule has 0 saturated carbocycles. The molecule has 0 bridgehead atoms. The molecule has 0 aliphatic carbocycles. The van der Waals surface area contributed by atoms with Gasteiger partial charge >= 0.3 is 0 Å². The largest absolute Gasteiger partial charge is 0.336 e. The van der Waals surface area contributed by atoms with Crippen molar-refractivity contribution >= 4 is 40.8 Å². The van der Waals surface area contributed by atoms with Crippen molar-refractivity contribution in [3.8, 4) is 5.69 Å². The minimum Gasteiger partial charge on any atom is -0.336 e. The van der Waals surface area contributed by atoms with Crippen molar-refractivity contribution in [2.75, 3.05) is 18.4 Å². The highest BCUT2D eigenvalue weighted by atomic mass is 35.5. The summed E-state index contributed by atoms with van der Waals surface area (Å²) < 4.78 is 1.53. The number of aromatic nitrogens is 4. The predicted octanol–water partition coefficient (Wildman–Crippen LogP) is 4.33. The fourth-order valence-electron chi connectivity index (χ4n) is 3.85. The lowest BCUT2D eigenvalue weighted by molar-refractivity contribution is -0.121. The van der Waals surface area contributed by atoms with Crippen molar-refractivity contribution in [2.45, 2.75) is 33.1 Å². The number of hydrogen-bond donors (Lipinski definition) is 1. The minimum absolute atomic E-state index is 0.0794. The summed E-state index contributed by atoms with van der Waals surface area (Å²) in [7, 11) is 0. The predicted molar refractivity (Wildman–Crippen MR) is 127 cm³/mol. The van der Waals surface area contributed by atoms with Gasteiger partial charge in [0.2, 0.25) is 11.7 Å². The number of carbonyl (C=O) groups is 2. The van der Waals surface area contributed by atoms with Crippen LogP contribution in [0.3, 0.4) is 0 Å². The Balaban J connectivity index is 1.44. The van der Waals surface area contributed by atoms with Crippen LogP contribution < -0.4 is 5.32 Å². The second kappa shape index (κ2) is 9.89. The summed E-state index contributed by atoms with van der Waals surface area (Å²) in [5.41, 5.74) is 1.53. The van der Waals surface area contributed by atoms with Crippen LogP contribution in [0.15, 0.2) is 36.5 Å². The molecule has 10 heteroatoms. The van der Waals surface area contributed by atoms with Gasteiger partial charge in [-0.15, -0.1) is 5.10 Å². The standard InChI is InChI=1S/C23H24Cl2N6O2/c1-3-19-28-21(29-31(19)20-16(24)5-4-6-17(20)25)23(33)30-11-8-15(9-12-30)22(32)27-18-13-14(2)7-10-26-18/h4-7,10,13,15H,3,8-9,11-12H2,1-2H3,(H,26,27,32). The number of rotatable bonds is 5. The van der Waals surface area contributed by atoms with Crippen LogP contribution in [-0.4, -0.2) is 49.6 Å². The minimum atomic E-state index is -0.272. The van der Waals surface area contributed by atoms with E-state index in [0.29, 0.717) is 59.7 Å². The number of hydrogen-bond acceptors (Lipinski definition) is 5. The third-order valence-electron chi connectivity index (χ3n) is 5.65. The summed E-state index contributed by atoms with van der Waals surface area (Å²) in [4.78, 5) is 36.0. The number of halogens is 2. The summed E-state index contributed by atoms with van der Waals surface area (Å²) in [6, 6.07) is 8.88. The molecule has 1 fully saturated rings. The normalized spacial score (nSPS) is 14.4. The van der Waals surface area contributed by atoms with Crippen molar-refractivity contribution < 1.29 is 9.59 Å². The molecule has 2 aromatic heterocycles. The lowest BCUT2D eigenvalue weighted by Crippen LogP contribution is -2.42. The smallest absolute Gasteiger partial charge is 0.293 e. The summed E-state index contributed by atoms with van der Waals surface area (Å²) in [6.07, 6.45) is 3.33. The van der Waals surface area contributed by atoms with Crippen molar-refractivity contribution in [2.24, 2.45) is 5.92 Å². The van der Waals surface area contributed by atoms with Gasteiger partial charge in [0.1, 0.15) is 17.3 Å². The second-order valence-corrected chi connectivity index (χ2v) is 8.78. The van der Waals surface area contributed by atoms with Gasteiger partial charge in [-0.3, -0.25) is 9.59 Å². The topological polar surface area (TPSA) is 93.0 Å². The molecule has 4 rings (SSSR count). The van der Waals surface area contributed by atoms with Crippen molar-refractivity contribution in [3.05, 3.63) is 63.8 Å². The third-order valence-corrected chi connectivity index (χ3v) is 6.26. The van der Waals surface area contributed by atoms with Crippen molar-refractivity contribution in [1.82, 2.24) is 24.6 Å². The first kappa shape index (κ1) is 23.2. The fraction of sp³-hybridized carbons (Fsp3) is 0.348. The van der Waals surface area contributed by atoms with Gasteiger partial charge in [0, 0.05) is 31.6 Å². The molecule has 0 radical (unpaired) electrons. The number of benzene rings is 1. The summed E-state index contributed by atoms with van der Waals surface area (Å²) in [6.45, 7) is 4.76. The van der Waals surface area contributed by atoms with Crippen molar-refractivity contribution in [1.29, 1.82) is 0 Å². The molecule has 1 saturated heterocycles. The Hall–Kier alpha value is -2.97. The van der Waals surface area contributed by atoms with Gasteiger partial charge < -0.3 is 10.2 Å². The number of amides is 2. The van der Waals surface area contributed by atoms with Gasteiger partial charge in [-0.05, 0) is 49.6 Å². The van der Waals surface area contributed by atoms with Crippen LogP contribution in [0.2, 0.25) is 10.0 Å². The number of piperidine rings is 1. The molecule has 172 valence electrons. The zero-order valence-electron chi connectivity index (χ0n) is 18.4. The van der Waals surface area contributed by atoms with Gasteiger partial charge in [0.25, 0.3) is 5.91 Å². The van der Waals surface area contributed by atoms with E-state index in [9.17, 15) is 9.59 Å². The molecule has 0 unspecified atom stereocenters. The van der Waals surface area contributed by atoms with Gasteiger partial charge in [-0.25, -0.2) is 14.6 Å². The second-order valence-electron chi connectivity index (χ2n) is 7.96. The zero-order valence-corrected chi connectivity index (χ0v) is 19.9. The van der Waals surface area contributed by atoms with Crippen LogP contribution in [0, 0.1) is 12.8 Å². The van der Waals surface area contributed by atoms with Crippen LogP contribution in [-0.2, 0) is 11.2 Å². The Morgan fingerprint density at radius 3 is 2.48 bits per heavy atom. The molecule has 1 aromatic carbocycles. The average molecular weight is 487 g/mol. The van der Waals surface area contributed by atoms with E-state index in [1.165, 1.54) is 4.68 Å². The highest BCUT2D eigenvalue weighted by Crippen LogP contribution is 2.29. The number of aryl methyl sites for hydroxylation is 2. The number of pyridine rings is 1. The first-order chi connectivity index (χ1) is 15.9. The summed E-state index contributed by atoms with van der Waals surface area (Å²) >= 11 is 12.7. The number of anilines is 1. The zero-order chi connectivity index (χ0) is 23.5. The maximum atomic E-state index is 13.1. The van der Waals surface area contributed by atoms with Gasteiger partial charge in [-0.2, -0.15) is 0 Å². The number of nitrogens with zero attached hydrogens (tertiary/aromatic N) is 5. The van der Waals surface area contributed by atoms with E-state index in [4.69, 9.17) is 23.2 Å². The van der Waals surface area contributed by atoms with Gasteiger partial charge in [0.15, 0.2) is 0 Å². The van der Waals surface area contributed by atoms with Crippen molar-refractivity contribution in [3.63, 3.8) is 0 Å². The molecule has 1 N–H and O–H groups in total. The number of nitrogens with one attached hydrogen (secondary N) is 1. The molecule has 3 aromatic rings. The molecule has 8 nitrogen and oxygen atoms in total. The molecule has 3 heterocycles. The van der Waals surface area contributed by atoms with E-state index in [-0.39, 0.29) is 23.6 Å². The summed E-state index contributed by atoms with van der Waals surface area (Å²) in [5, 5.41) is 8.15. The SMILES string of the molecule is CCc1nc(C(=O)N2CCC(C(=O)Nc3cc(C)ccn3)CC2)nn1-c1c(Cl)cccc1Cl. The van der Waals surface area contributed by atoms with Crippen LogP contribution >= 0.6 is 23.2 Å². The first-order valence-corrected chi connectivity index (χ1v) is 11.6. The molecule has 1 aliphatic heterocycles. The summed E-state index contributed by atoms with van der Waals surface area (Å²) in [5.74, 6) is 0.687. The number of para-hydroxylation sites is 1. The highest BCUT2D eigenvalue weighted by molar-refractivity contribution is 6.37.